The average Bonchev–Trinajstić information content (AvgIpc) is 2.03. The maximum atomic E-state index is 8.18. The van der Waals surface area contributed by atoms with Gasteiger partial charge in [-0.1, -0.05) is 0 Å². The zero-order chi connectivity index (χ0) is 7.23. The number of nitriles is 1. The van der Waals surface area contributed by atoms with E-state index in [9.17, 15) is 0 Å². The molecule has 0 saturated heterocycles. The first kappa shape index (κ1) is 6.93. The summed E-state index contributed by atoms with van der Waals surface area (Å²) in [7, 11) is 0. The van der Waals surface area contributed by atoms with Crippen LogP contribution in [-0.2, 0) is 0 Å². The summed E-state index contributed by atoms with van der Waals surface area (Å²) in [6.07, 6.45) is 1.52. The molecule has 0 aliphatic heterocycles. The SMILES string of the molecule is N#C[Se]Nc1ccnnn1. The summed E-state index contributed by atoms with van der Waals surface area (Å²) in [6, 6.07) is 1.66. The summed E-state index contributed by atoms with van der Waals surface area (Å²) in [6.45, 7) is 0. The number of hydrogen-bond acceptors (Lipinski definition) is 5. The van der Waals surface area contributed by atoms with E-state index in [-0.39, 0.29) is 15.2 Å². The molecule has 0 saturated carbocycles. The van der Waals surface area contributed by atoms with Crippen LogP contribution in [0.4, 0.5) is 5.82 Å². The zero-order valence-electron chi connectivity index (χ0n) is 4.85. The monoisotopic (exact) mass is 201 g/mol. The van der Waals surface area contributed by atoms with Crippen molar-refractivity contribution in [3.8, 4) is 4.97 Å². The fraction of sp³-hybridized carbons (Fsp3) is 0. The quantitative estimate of drug-likeness (QED) is 0.644. The van der Waals surface area contributed by atoms with E-state index < -0.39 is 0 Å². The molecule has 5 nitrogen and oxygen atoms in total. The van der Waals surface area contributed by atoms with E-state index in [1.807, 2.05) is 4.97 Å². The Kier molecular flexibility index (Phi) is 2.61. The van der Waals surface area contributed by atoms with E-state index in [1.54, 1.807) is 6.07 Å². The van der Waals surface area contributed by atoms with Gasteiger partial charge in [0.15, 0.2) is 0 Å². The minimum absolute atomic E-state index is 0.254. The molecule has 0 aliphatic rings. The first-order valence-electron chi connectivity index (χ1n) is 2.39. The average molecular weight is 200 g/mol. The molecule has 0 aromatic carbocycles. The fourth-order valence-electron chi connectivity index (χ4n) is 0.371. The van der Waals surface area contributed by atoms with Gasteiger partial charge in [-0.05, 0) is 0 Å². The molecule has 0 bridgehead atoms. The Labute approximate surface area is 63.8 Å². The van der Waals surface area contributed by atoms with Gasteiger partial charge in [0.05, 0.1) is 0 Å². The molecule has 1 aromatic rings. The van der Waals surface area contributed by atoms with Gasteiger partial charge in [-0.2, -0.15) is 0 Å². The summed E-state index contributed by atoms with van der Waals surface area (Å²) in [4.78, 5) is 1.98. The van der Waals surface area contributed by atoms with Crippen molar-refractivity contribution in [1.29, 1.82) is 5.26 Å². The molecule has 0 amide bonds. The van der Waals surface area contributed by atoms with Gasteiger partial charge in [0, 0.05) is 0 Å². The number of anilines is 1. The van der Waals surface area contributed by atoms with Crippen LogP contribution in [0, 0.1) is 10.2 Å². The number of rotatable bonds is 2. The molecule has 0 aliphatic carbocycles. The van der Waals surface area contributed by atoms with Crippen molar-refractivity contribution in [2.45, 2.75) is 0 Å². The Hall–Kier alpha value is -1.18. The molecule has 0 fully saturated rings. The summed E-state index contributed by atoms with van der Waals surface area (Å²) >= 11 is -0.254. The normalized spacial score (nSPS) is 8.30. The predicted molar refractivity (Wildman–Crippen MR) is 34.8 cm³/mol. The van der Waals surface area contributed by atoms with E-state index in [1.165, 1.54) is 6.20 Å². The fourth-order valence-corrected chi connectivity index (χ4v) is 0.914. The summed E-state index contributed by atoms with van der Waals surface area (Å²) in [5.74, 6) is 0.594. The van der Waals surface area contributed by atoms with Crippen molar-refractivity contribution in [2.75, 3.05) is 4.33 Å². The third-order valence-electron chi connectivity index (χ3n) is 0.704. The molecule has 0 atom stereocenters. The molecule has 1 aromatic heterocycles. The summed E-state index contributed by atoms with van der Waals surface area (Å²) in [5, 5.41) is 18.6. The second kappa shape index (κ2) is 3.77. The molecule has 6 heteroatoms. The van der Waals surface area contributed by atoms with Gasteiger partial charge < -0.3 is 0 Å². The molecule has 50 valence electrons. The summed E-state index contributed by atoms with van der Waals surface area (Å²) < 4.78 is 2.78. The third-order valence-corrected chi connectivity index (χ3v) is 1.55. The molecule has 0 unspecified atom stereocenters. The van der Waals surface area contributed by atoms with E-state index in [0.29, 0.717) is 5.82 Å². The standard InChI is InChI=1S/C4H3N5Se/c5-3-10-8-4-1-2-6-9-7-4/h1-2H,(H,6,7,8). The molecule has 0 radical (unpaired) electrons. The second-order valence-corrected chi connectivity index (χ2v) is 2.54. The first-order valence-corrected chi connectivity index (χ1v) is 4.10. The Balaban J connectivity index is 2.52. The topological polar surface area (TPSA) is 74.5 Å². The molecule has 1 heterocycles. The van der Waals surface area contributed by atoms with Crippen molar-refractivity contribution >= 4 is 21.0 Å². The number of nitrogens with zero attached hydrogens (tertiary/aromatic N) is 4. The second-order valence-electron chi connectivity index (χ2n) is 1.30. The van der Waals surface area contributed by atoms with E-state index in [4.69, 9.17) is 5.26 Å². The Morgan fingerprint density at radius 1 is 1.70 bits per heavy atom. The van der Waals surface area contributed by atoms with Crippen LogP contribution in [0.5, 0.6) is 0 Å². The van der Waals surface area contributed by atoms with Crippen LogP contribution in [0.1, 0.15) is 0 Å². The molecular formula is C4H3N5Se. The van der Waals surface area contributed by atoms with E-state index in [0.717, 1.165) is 0 Å². The maximum absolute atomic E-state index is 8.18. The van der Waals surface area contributed by atoms with Crippen molar-refractivity contribution in [3.05, 3.63) is 12.3 Å². The van der Waals surface area contributed by atoms with Gasteiger partial charge in [0.2, 0.25) is 0 Å². The van der Waals surface area contributed by atoms with Crippen LogP contribution >= 0.6 is 0 Å². The van der Waals surface area contributed by atoms with Gasteiger partial charge in [-0.3, -0.25) is 0 Å². The van der Waals surface area contributed by atoms with Crippen LogP contribution in [0.3, 0.4) is 0 Å². The van der Waals surface area contributed by atoms with Gasteiger partial charge in [-0.15, -0.1) is 0 Å². The van der Waals surface area contributed by atoms with Crippen LogP contribution in [0.25, 0.3) is 0 Å². The number of aromatic nitrogens is 3. The minimum atomic E-state index is -0.254. The first-order chi connectivity index (χ1) is 4.93. The number of nitrogens with one attached hydrogen (secondary N) is 1. The molecule has 1 rings (SSSR count). The van der Waals surface area contributed by atoms with Crippen molar-refractivity contribution in [2.24, 2.45) is 0 Å². The van der Waals surface area contributed by atoms with Crippen LogP contribution in [0.2, 0.25) is 0 Å². The van der Waals surface area contributed by atoms with Gasteiger partial charge >= 0.3 is 63.2 Å². The van der Waals surface area contributed by atoms with Gasteiger partial charge in [0.1, 0.15) is 0 Å². The van der Waals surface area contributed by atoms with Crippen LogP contribution < -0.4 is 4.33 Å². The Morgan fingerprint density at radius 3 is 3.20 bits per heavy atom. The molecular weight excluding hydrogens is 197 g/mol. The zero-order valence-corrected chi connectivity index (χ0v) is 6.56. The molecule has 10 heavy (non-hydrogen) atoms. The van der Waals surface area contributed by atoms with E-state index in [2.05, 4.69) is 19.7 Å². The molecule has 1 N–H and O–H groups in total. The van der Waals surface area contributed by atoms with E-state index >= 15 is 0 Å². The van der Waals surface area contributed by atoms with Crippen molar-refractivity contribution in [1.82, 2.24) is 15.4 Å². The predicted octanol–water partition coefficient (Wildman–Crippen LogP) is -0.616. The van der Waals surface area contributed by atoms with Crippen molar-refractivity contribution < 1.29 is 0 Å². The van der Waals surface area contributed by atoms with Gasteiger partial charge in [-0.25, -0.2) is 0 Å². The van der Waals surface area contributed by atoms with Crippen molar-refractivity contribution in [3.63, 3.8) is 0 Å². The summed E-state index contributed by atoms with van der Waals surface area (Å²) in [5.41, 5.74) is 0. The van der Waals surface area contributed by atoms with Crippen LogP contribution in [-0.4, -0.2) is 30.6 Å². The third kappa shape index (κ3) is 1.97. The van der Waals surface area contributed by atoms with Gasteiger partial charge in [0.25, 0.3) is 0 Å². The number of hydrogen-bond donors (Lipinski definition) is 1. The van der Waals surface area contributed by atoms with Crippen LogP contribution in [0.15, 0.2) is 12.3 Å². The Morgan fingerprint density at radius 2 is 2.60 bits per heavy atom. The Bertz CT molecular complexity index is 229. The molecule has 0 spiro atoms.